The number of rotatable bonds is 4. The van der Waals surface area contributed by atoms with E-state index < -0.39 is 33.0 Å². The van der Waals surface area contributed by atoms with Gasteiger partial charge in [-0.15, -0.1) is 0 Å². The average molecular weight is 384 g/mol. The van der Waals surface area contributed by atoms with Crippen molar-refractivity contribution in [1.29, 1.82) is 10.7 Å². The number of halogens is 1. The fourth-order valence-corrected chi connectivity index (χ4v) is 4.19. The van der Waals surface area contributed by atoms with Crippen LogP contribution in [0.3, 0.4) is 0 Å². The average Bonchev–Trinajstić information content (AvgIpc) is 2.68. The lowest BCUT2D eigenvalue weighted by molar-refractivity contribution is 0.117. The van der Waals surface area contributed by atoms with E-state index >= 15 is 0 Å². The zero-order chi connectivity index (χ0) is 19.2. The summed E-state index contributed by atoms with van der Waals surface area (Å²) >= 11 is 5.96. The Balaban J connectivity index is 2.54. The highest BCUT2D eigenvalue weighted by Crippen LogP contribution is 2.34. The molecule has 0 atom stereocenters. The van der Waals surface area contributed by atoms with E-state index in [4.69, 9.17) is 22.3 Å². The molecule has 25 heavy (non-hydrogen) atoms. The molecule has 8 nitrogen and oxygen atoms in total. The number of nitrogens with one attached hydrogen (secondary N) is 2. The van der Waals surface area contributed by atoms with E-state index in [2.05, 4.69) is 5.43 Å². The number of nitrogens with zero attached hydrogens (tertiary/aromatic N) is 3. The minimum atomic E-state index is -4.37. The van der Waals surface area contributed by atoms with Crippen LogP contribution < -0.4 is 5.43 Å². The quantitative estimate of drug-likeness (QED) is 0.827. The molecule has 1 aliphatic heterocycles. The molecule has 0 radical (unpaired) electrons. The molecule has 1 heterocycles. The number of urea groups is 1. The van der Waals surface area contributed by atoms with Gasteiger partial charge in [0.1, 0.15) is 21.8 Å². The van der Waals surface area contributed by atoms with Crippen LogP contribution in [0.2, 0.25) is 5.02 Å². The van der Waals surface area contributed by atoms with Crippen molar-refractivity contribution in [2.45, 2.75) is 43.7 Å². The molecular weight excluding hydrogens is 366 g/mol. The van der Waals surface area contributed by atoms with E-state index in [1.807, 2.05) is 6.07 Å². The first-order valence-electron chi connectivity index (χ1n) is 7.28. The van der Waals surface area contributed by atoms with Gasteiger partial charge in [-0.2, -0.15) is 9.57 Å². The Morgan fingerprint density at radius 1 is 1.32 bits per heavy atom. The van der Waals surface area contributed by atoms with Crippen molar-refractivity contribution in [3.05, 3.63) is 29.3 Å². The van der Waals surface area contributed by atoms with Crippen molar-refractivity contribution in [3.63, 3.8) is 0 Å². The number of amidine groups is 1. The van der Waals surface area contributed by atoms with Crippen LogP contribution in [-0.2, 0) is 10.0 Å². The van der Waals surface area contributed by atoms with Crippen LogP contribution in [0.5, 0.6) is 0 Å². The number of hydrazine groups is 1. The van der Waals surface area contributed by atoms with Gasteiger partial charge in [0.25, 0.3) is 10.0 Å². The first kappa shape index (κ1) is 19.2. The highest BCUT2D eigenvalue weighted by atomic mass is 35.5. The third-order valence-corrected chi connectivity index (χ3v) is 5.91. The molecule has 0 saturated carbocycles. The van der Waals surface area contributed by atoms with Gasteiger partial charge in [-0.25, -0.2) is 23.6 Å². The number of hydrogen-bond donors (Lipinski definition) is 2. The van der Waals surface area contributed by atoms with Crippen LogP contribution >= 0.6 is 11.6 Å². The third-order valence-electron chi connectivity index (χ3n) is 3.73. The molecule has 134 valence electrons. The smallest absolute Gasteiger partial charge is 0.285 e. The summed E-state index contributed by atoms with van der Waals surface area (Å²) in [5.74, 6) is -0.446. The van der Waals surface area contributed by atoms with Gasteiger partial charge in [-0.05, 0) is 39.8 Å². The van der Waals surface area contributed by atoms with E-state index in [-0.39, 0.29) is 9.92 Å². The molecule has 1 aromatic rings. The maximum atomic E-state index is 12.9. The molecule has 0 spiro atoms. The lowest BCUT2D eigenvalue weighted by Gasteiger charge is -2.33. The SMILES string of the molecule is CC(C)(C#N)NN1C(=O)N(S(=O)(=O)c2ccccc2Cl)C(=N)C1(C)C. The standard InChI is InChI=1S/C15H18ClN5O3S/c1-14(2,9-17)19-21-13(22)20(12(18)15(21,3)4)25(23,24)11-8-6-5-7-10(11)16/h5-8,18-19H,1-4H3. The summed E-state index contributed by atoms with van der Waals surface area (Å²) < 4.78 is 26.2. The molecule has 2 N–H and O–H groups in total. The van der Waals surface area contributed by atoms with Crippen molar-refractivity contribution in [2.75, 3.05) is 0 Å². The maximum absolute atomic E-state index is 12.9. The van der Waals surface area contributed by atoms with E-state index in [1.165, 1.54) is 45.9 Å². The lowest BCUT2D eigenvalue weighted by Crippen LogP contribution is -2.58. The number of sulfonamides is 1. The van der Waals surface area contributed by atoms with Crippen LogP contribution in [0.25, 0.3) is 0 Å². The minimum absolute atomic E-state index is 0.0512. The molecule has 0 aromatic heterocycles. The van der Waals surface area contributed by atoms with Crippen molar-refractivity contribution in [2.24, 2.45) is 0 Å². The second-order valence-electron chi connectivity index (χ2n) is 6.57. The van der Waals surface area contributed by atoms with Gasteiger partial charge in [-0.1, -0.05) is 23.7 Å². The summed E-state index contributed by atoms with van der Waals surface area (Å²) in [4.78, 5) is 12.5. The van der Waals surface area contributed by atoms with Gasteiger partial charge in [0.05, 0.1) is 11.1 Å². The topological polar surface area (TPSA) is 117 Å². The molecule has 2 rings (SSSR count). The molecule has 1 aromatic carbocycles. The van der Waals surface area contributed by atoms with Gasteiger partial charge in [0, 0.05) is 0 Å². The lowest BCUT2D eigenvalue weighted by atomic mass is 10.0. The molecule has 0 bridgehead atoms. The van der Waals surface area contributed by atoms with Crippen LogP contribution in [0.4, 0.5) is 4.79 Å². The fraction of sp³-hybridized carbons (Fsp3) is 0.400. The minimum Gasteiger partial charge on any atom is -0.285 e. The van der Waals surface area contributed by atoms with Crippen molar-refractivity contribution in [3.8, 4) is 6.07 Å². The third kappa shape index (κ3) is 3.08. The number of carbonyl (C=O) groups excluding carboxylic acids is 1. The van der Waals surface area contributed by atoms with E-state index in [9.17, 15) is 13.2 Å². The van der Waals surface area contributed by atoms with Crippen molar-refractivity contribution < 1.29 is 13.2 Å². The second kappa shape index (κ2) is 5.98. The summed E-state index contributed by atoms with van der Waals surface area (Å²) in [6, 6.07) is 6.69. The molecule has 10 heteroatoms. The van der Waals surface area contributed by atoms with Crippen LogP contribution in [0.15, 0.2) is 29.2 Å². The van der Waals surface area contributed by atoms with Crippen molar-refractivity contribution in [1.82, 2.24) is 14.7 Å². The van der Waals surface area contributed by atoms with Gasteiger partial charge < -0.3 is 0 Å². The molecule has 0 aliphatic carbocycles. The number of hydrogen-bond acceptors (Lipinski definition) is 6. The summed E-state index contributed by atoms with van der Waals surface area (Å²) in [6.07, 6.45) is 0. The summed E-state index contributed by atoms with van der Waals surface area (Å²) in [5.41, 5.74) is 0.253. The number of benzene rings is 1. The zero-order valence-electron chi connectivity index (χ0n) is 14.2. The molecule has 0 unspecified atom stereocenters. The Kier molecular flexibility index (Phi) is 4.59. The predicted octanol–water partition coefficient (Wildman–Crippen LogP) is 2.33. The van der Waals surface area contributed by atoms with Crippen molar-refractivity contribution >= 4 is 33.5 Å². The Labute approximate surface area is 151 Å². The van der Waals surface area contributed by atoms with Gasteiger partial charge in [0.15, 0.2) is 0 Å². The monoisotopic (exact) mass is 383 g/mol. The van der Waals surface area contributed by atoms with E-state index in [1.54, 1.807) is 6.07 Å². The highest BCUT2D eigenvalue weighted by Gasteiger charge is 2.55. The first-order valence-corrected chi connectivity index (χ1v) is 9.10. The number of carbonyl (C=O) groups is 1. The Morgan fingerprint density at radius 2 is 1.88 bits per heavy atom. The van der Waals surface area contributed by atoms with E-state index in [0.29, 0.717) is 4.31 Å². The summed E-state index contributed by atoms with van der Waals surface area (Å²) in [6.45, 7) is 6.09. The summed E-state index contributed by atoms with van der Waals surface area (Å²) in [7, 11) is -4.37. The summed E-state index contributed by atoms with van der Waals surface area (Å²) in [5, 5.41) is 18.3. The first-order chi connectivity index (χ1) is 11.4. The molecule has 2 amide bonds. The van der Waals surface area contributed by atoms with Crippen LogP contribution in [0.1, 0.15) is 27.7 Å². The maximum Gasteiger partial charge on any atom is 0.355 e. The largest absolute Gasteiger partial charge is 0.355 e. The van der Waals surface area contributed by atoms with Crippen LogP contribution in [-0.4, -0.2) is 40.7 Å². The van der Waals surface area contributed by atoms with Crippen LogP contribution in [0, 0.1) is 16.7 Å². The zero-order valence-corrected chi connectivity index (χ0v) is 15.7. The molecule has 1 aliphatic rings. The molecule has 1 fully saturated rings. The number of amides is 2. The van der Waals surface area contributed by atoms with Gasteiger partial charge >= 0.3 is 6.03 Å². The number of nitriles is 1. The predicted molar refractivity (Wildman–Crippen MR) is 92.3 cm³/mol. The van der Waals surface area contributed by atoms with Gasteiger partial charge in [-0.3, -0.25) is 5.41 Å². The van der Waals surface area contributed by atoms with Gasteiger partial charge in [0.2, 0.25) is 0 Å². The van der Waals surface area contributed by atoms with E-state index in [0.717, 1.165) is 5.01 Å². The molecule has 1 saturated heterocycles. The Hall–Kier alpha value is -2.15. The second-order valence-corrected chi connectivity index (χ2v) is 8.74. The molecular formula is C15H18ClN5O3S. The Bertz CT molecular complexity index is 889. The highest BCUT2D eigenvalue weighted by molar-refractivity contribution is 7.90. The Morgan fingerprint density at radius 3 is 2.40 bits per heavy atom. The fourth-order valence-electron chi connectivity index (χ4n) is 2.25. The normalized spacial score (nSPS) is 17.8.